The summed E-state index contributed by atoms with van der Waals surface area (Å²) in [5.41, 5.74) is 4.75. The van der Waals surface area contributed by atoms with E-state index in [-0.39, 0.29) is 31.2 Å². The number of aryl methyl sites for hydroxylation is 3. The van der Waals surface area contributed by atoms with E-state index in [1.807, 2.05) is 73.1 Å². The molecule has 0 saturated heterocycles. The fourth-order valence-corrected chi connectivity index (χ4v) is 5.16. The smallest absolute Gasteiger partial charge is 0.122 e. The van der Waals surface area contributed by atoms with Gasteiger partial charge in [-0.05, 0) is 72.1 Å². The van der Waals surface area contributed by atoms with Crippen molar-refractivity contribution in [3.8, 4) is 22.5 Å². The van der Waals surface area contributed by atoms with E-state index >= 15 is 0 Å². The van der Waals surface area contributed by atoms with Crippen LogP contribution in [-0.2, 0) is 20.1 Å². The maximum Gasteiger partial charge on any atom is 0.122 e. The summed E-state index contributed by atoms with van der Waals surface area (Å²) in [6.45, 7) is -3.13. The van der Waals surface area contributed by atoms with Gasteiger partial charge in [-0.2, -0.15) is 0 Å². The molecule has 0 N–H and O–H groups in total. The first-order valence-corrected chi connectivity index (χ1v) is 12.5. The predicted molar refractivity (Wildman–Crippen MR) is 154 cm³/mol. The van der Waals surface area contributed by atoms with E-state index in [4.69, 9.17) is 12.6 Å². The molecule has 0 amide bonds. The van der Waals surface area contributed by atoms with Gasteiger partial charge in [0.2, 0.25) is 0 Å². The van der Waals surface area contributed by atoms with Gasteiger partial charge in [-0.3, -0.25) is 0 Å². The van der Waals surface area contributed by atoms with Gasteiger partial charge >= 0.3 is 0 Å². The number of benzene rings is 3. The first-order valence-electron chi connectivity index (χ1n) is 14.6. The number of aromatic nitrogens is 2. The summed E-state index contributed by atoms with van der Waals surface area (Å²) in [4.78, 5) is 8.58. The molecular weight excluding hydrogens is 665 g/mol. The molecule has 1 radical (unpaired) electrons. The minimum absolute atomic E-state index is 0. The van der Waals surface area contributed by atoms with Crippen LogP contribution in [0.3, 0.4) is 0 Å². The summed E-state index contributed by atoms with van der Waals surface area (Å²) in [6, 6.07) is 29.1. The van der Waals surface area contributed by atoms with Crippen LogP contribution in [-0.4, -0.2) is 9.97 Å². The third-order valence-electron chi connectivity index (χ3n) is 6.07. The molecule has 3 nitrogen and oxygen atoms in total. The summed E-state index contributed by atoms with van der Waals surface area (Å²) < 4.78 is 53.6. The molecule has 7 rings (SSSR count). The Kier molecular flexibility index (Phi) is 5.63. The zero-order valence-corrected chi connectivity index (χ0v) is 23.4. The number of hydrogen-bond acceptors (Lipinski definition) is 4. The molecule has 3 aromatic carbocycles. The van der Waals surface area contributed by atoms with E-state index < -0.39 is 13.7 Å². The van der Waals surface area contributed by atoms with Crippen LogP contribution >= 0.6 is 11.3 Å². The van der Waals surface area contributed by atoms with Crippen LogP contribution < -0.4 is 0 Å². The van der Waals surface area contributed by atoms with Crippen LogP contribution in [0.25, 0.3) is 54.5 Å². The molecule has 0 atom stereocenters. The zero-order chi connectivity index (χ0) is 30.4. The van der Waals surface area contributed by atoms with Gasteiger partial charge in [-0.1, -0.05) is 34.7 Å². The molecule has 0 aliphatic heterocycles. The Labute approximate surface area is 248 Å². The molecule has 4 heterocycles. The van der Waals surface area contributed by atoms with Gasteiger partial charge in [0, 0.05) is 50.8 Å². The van der Waals surface area contributed by atoms with Crippen LogP contribution in [0.4, 0.5) is 0 Å². The number of thiophene rings is 1. The van der Waals surface area contributed by atoms with E-state index in [1.165, 1.54) is 11.6 Å². The molecule has 0 saturated carbocycles. The van der Waals surface area contributed by atoms with E-state index in [9.17, 15) is 0 Å². The van der Waals surface area contributed by atoms with Crippen LogP contribution in [0.1, 0.15) is 24.9 Å². The Balaban J connectivity index is 0.000000230. The maximum atomic E-state index is 7.80. The van der Waals surface area contributed by atoms with E-state index in [2.05, 4.69) is 28.2 Å². The zero-order valence-electron chi connectivity index (χ0n) is 26.2. The normalized spacial score (nSPS) is 13.8. The van der Waals surface area contributed by atoms with E-state index in [0.717, 1.165) is 43.9 Å². The molecule has 0 bridgehead atoms. The molecule has 4 aromatic heterocycles. The summed E-state index contributed by atoms with van der Waals surface area (Å²) in [5, 5.41) is 5.01. The SMILES string of the molecule is Cc1ccc(-c2[c-]cccc2)nc1.[2H]C([2H])([2H])c1cnc(-c2[c-]ccc3c2oc2ccc4ccsc4c23)cc1C([2H])([2H])[2H].[Ir]. The van der Waals surface area contributed by atoms with Crippen molar-refractivity contribution < 1.29 is 32.7 Å². The van der Waals surface area contributed by atoms with Crippen LogP contribution in [0.15, 0.2) is 95.0 Å². The standard InChI is InChI=1S/C21H14NOS.C12H10N.Ir/c1-12-10-17(22-11-13(12)2)15-4-3-5-16-19-18(23-20(15)16)7-6-14-8-9-24-21(14)19;1-10-7-8-12(13-9-10)11-5-3-2-4-6-11;/h3,5-11H,1-2H3;2-5,7-9H,1H3;/q2*-1;/i1D3,2D3;;. The molecule has 5 heteroatoms. The minimum Gasteiger partial charge on any atom is -0.501 e. The van der Waals surface area contributed by atoms with Crippen LogP contribution in [0, 0.1) is 32.8 Å². The van der Waals surface area contributed by atoms with Crippen molar-refractivity contribution in [1.29, 1.82) is 0 Å². The Morgan fingerprint density at radius 2 is 1.76 bits per heavy atom. The Morgan fingerprint density at radius 1 is 0.868 bits per heavy atom. The number of furan rings is 1. The molecule has 0 fully saturated rings. The minimum atomic E-state index is -2.59. The second-order valence-electron chi connectivity index (χ2n) is 8.59. The molecular formula is C33H24IrN2OS-2. The van der Waals surface area contributed by atoms with Crippen molar-refractivity contribution in [2.45, 2.75) is 20.6 Å². The number of hydrogen-bond donors (Lipinski definition) is 0. The monoisotopic (exact) mass is 695 g/mol. The quantitative estimate of drug-likeness (QED) is 0.170. The first-order chi connectivity index (χ1) is 20.5. The topological polar surface area (TPSA) is 38.9 Å². The number of fused-ring (bicyclic) bond motifs is 5. The fraction of sp³-hybridized carbons (Fsp3) is 0.0909. The van der Waals surface area contributed by atoms with Crippen LogP contribution in [0.5, 0.6) is 0 Å². The van der Waals surface area contributed by atoms with Crippen molar-refractivity contribution >= 4 is 43.4 Å². The number of pyridine rings is 2. The average molecular weight is 695 g/mol. The third-order valence-corrected chi connectivity index (χ3v) is 7.02. The number of rotatable bonds is 2. The van der Waals surface area contributed by atoms with Crippen molar-refractivity contribution in [3.05, 3.63) is 119 Å². The van der Waals surface area contributed by atoms with E-state index in [1.54, 1.807) is 17.4 Å². The Morgan fingerprint density at radius 3 is 2.55 bits per heavy atom. The van der Waals surface area contributed by atoms with E-state index in [0.29, 0.717) is 16.8 Å². The largest absolute Gasteiger partial charge is 0.501 e. The Hall–Kier alpha value is -3.63. The predicted octanol–water partition coefficient (Wildman–Crippen LogP) is 9.13. The molecule has 0 aliphatic carbocycles. The van der Waals surface area contributed by atoms with Gasteiger partial charge in [0.05, 0.1) is 5.58 Å². The van der Waals surface area contributed by atoms with Gasteiger partial charge in [-0.25, -0.2) is 0 Å². The summed E-state index contributed by atoms with van der Waals surface area (Å²) in [6.07, 6.45) is 2.99. The second kappa shape index (κ2) is 11.0. The summed E-state index contributed by atoms with van der Waals surface area (Å²) in [7, 11) is 0. The first kappa shape index (κ1) is 19.4. The summed E-state index contributed by atoms with van der Waals surface area (Å²) >= 11 is 1.63. The maximum absolute atomic E-state index is 7.80. The number of nitrogens with zero attached hydrogens (tertiary/aromatic N) is 2. The van der Waals surface area contributed by atoms with Crippen LogP contribution in [0.2, 0.25) is 0 Å². The van der Waals surface area contributed by atoms with Gasteiger partial charge in [-0.15, -0.1) is 65.4 Å². The van der Waals surface area contributed by atoms with Crippen molar-refractivity contribution in [2.24, 2.45) is 0 Å². The fourth-order valence-electron chi connectivity index (χ4n) is 4.21. The molecule has 7 aromatic rings. The molecule has 189 valence electrons. The van der Waals surface area contributed by atoms with Gasteiger partial charge < -0.3 is 14.4 Å². The second-order valence-corrected chi connectivity index (χ2v) is 9.50. The van der Waals surface area contributed by atoms with Crippen molar-refractivity contribution in [3.63, 3.8) is 0 Å². The molecule has 0 unspecified atom stereocenters. The van der Waals surface area contributed by atoms with Gasteiger partial charge in [0.25, 0.3) is 0 Å². The molecule has 0 spiro atoms. The van der Waals surface area contributed by atoms with Gasteiger partial charge in [0.1, 0.15) is 5.58 Å². The molecule has 38 heavy (non-hydrogen) atoms. The van der Waals surface area contributed by atoms with Crippen molar-refractivity contribution in [1.82, 2.24) is 9.97 Å². The summed E-state index contributed by atoms with van der Waals surface area (Å²) in [5.74, 6) is 0. The van der Waals surface area contributed by atoms with Gasteiger partial charge in [0.15, 0.2) is 0 Å². The average Bonchev–Trinajstić information content (AvgIpc) is 3.61. The van der Waals surface area contributed by atoms with Crippen molar-refractivity contribution in [2.75, 3.05) is 0 Å². The Bertz CT molecular complexity index is 2070. The third kappa shape index (κ3) is 4.93. The molecule has 0 aliphatic rings.